The fraction of sp³-hybridized carbons (Fsp3) is 0.160. The van der Waals surface area contributed by atoms with Crippen LogP contribution in [0.5, 0.6) is 5.75 Å². The fourth-order valence-electron chi connectivity index (χ4n) is 3.70. The molecule has 0 spiro atoms. The van der Waals surface area contributed by atoms with Crippen molar-refractivity contribution in [3.8, 4) is 27.7 Å². The van der Waals surface area contributed by atoms with Crippen LogP contribution in [0.15, 0.2) is 72.2 Å². The highest BCUT2D eigenvalue weighted by atomic mass is 32.1. The highest BCUT2D eigenvalue weighted by molar-refractivity contribution is 7.13. The van der Waals surface area contributed by atoms with Crippen LogP contribution in [-0.4, -0.2) is 22.0 Å². The molecule has 1 unspecified atom stereocenters. The molecule has 5 rings (SSSR count). The van der Waals surface area contributed by atoms with Gasteiger partial charge in [0.2, 0.25) is 0 Å². The second-order valence-corrected chi connectivity index (χ2v) is 8.40. The molecular formula is C25H21N3O2S. The summed E-state index contributed by atoms with van der Waals surface area (Å²) in [5.41, 5.74) is 5.70. The van der Waals surface area contributed by atoms with E-state index in [1.807, 2.05) is 58.8 Å². The molecular weight excluding hydrogens is 406 g/mol. The van der Waals surface area contributed by atoms with Crippen LogP contribution in [0.4, 0.5) is 5.69 Å². The number of hydrogen-bond acceptors (Lipinski definition) is 5. The van der Waals surface area contributed by atoms with E-state index in [1.165, 1.54) is 0 Å². The fourth-order valence-corrected chi connectivity index (χ4v) is 4.51. The van der Waals surface area contributed by atoms with Crippen molar-refractivity contribution in [2.75, 3.05) is 4.90 Å². The summed E-state index contributed by atoms with van der Waals surface area (Å²) in [5.74, 6) is 0.671. The van der Waals surface area contributed by atoms with Crippen molar-refractivity contribution < 1.29 is 9.53 Å². The van der Waals surface area contributed by atoms with Crippen molar-refractivity contribution in [3.05, 3.63) is 83.4 Å². The van der Waals surface area contributed by atoms with E-state index >= 15 is 0 Å². The van der Waals surface area contributed by atoms with E-state index in [9.17, 15) is 4.79 Å². The Morgan fingerprint density at radius 3 is 2.71 bits per heavy atom. The molecule has 5 nitrogen and oxygen atoms in total. The SMILES string of the molecule is Cc1ccccc1CN1C(=O)C(C)Oc2ccc(-c3csc(-c4ccccn4)n3)cc21. The van der Waals surface area contributed by atoms with Gasteiger partial charge in [0.1, 0.15) is 10.8 Å². The average molecular weight is 428 g/mol. The van der Waals surface area contributed by atoms with Crippen LogP contribution in [0.25, 0.3) is 22.0 Å². The molecule has 31 heavy (non-hydrogen) atoms. The number of aromatic nitrogens is 2. The molecule has 4 aromatic rings. The largest absolute Gasteiger partial charge is 0.479 e. The molecule has 1 atom stereocenters. The van der Waals surface area contributed by atoms with Gasteiger partial charge in [-0.2, -0.15) is 0 Å². The Bertz CT molecular complexity index is 1250. The number of benzene rings is 2. The number of ether oxygens (including phenoxy) is 1. The van der Waals surface area contributed by atoms with Crippen molar-refractivity contribution in [1.82, 2.24) is 9.97 Å². The number of carbonyl (C=O) groups excluding carboxylic acids is 1. The minimum absolute atomic E-state index is 0.0413. The lowest BCUT2D eigenvalue weighted by molar-refractivity contribution is -0.125. The molecule has 0 aliphatic carbocycles. The van der Waals surface area contributed by atoms with Crippen LogP contribution in [0, 0.1) is 6.92 Å². The number of amides is 1. The van der Waals surface area contributed by atoms with Crippen molar-refractivity contribution in [1.29, 1.82) is 0 Å². The number of anilines is 1. The standard InChI is InChI=1S/C25H21N3O2S/c1-16-7-3-4-8-19(16)14-28-22-13-18(10-11-23(22)30-17(2)25(28)29)21-15-31-24(27-21)20-9-5-6-12-26-20/h3-13,15,17H,14H2,1-2H3. The van der Waals surface area contributed by atoms with Crippen molar-refractivity contribution in [2.24, 2.45) is 0 Å². The summed E-state index contributed by atoms with van der Waals surface area (Å²) >= 11 is 1.56. The second kappa shape index (κ2) is 7.96. The Hall–Kier alpha value is -3.51. The zero-order chi connectivity index (χ0) is 21.4. The van der Waals surface area contributed by atoms with Gasteiger partial charge in [-0.15, -0.1) is 11.3 Å². The lowest BCUT2D eigenvalue weighted by atomic mass is 10.0. The van der Waals surface area contributed by atoms with Gasteiger partial charge in [-0.25, -0.2) is 4.98 Å². The third kappa shape index (κ3) is 3.70. The molecule has 1 amide bonds. The summed E-state index contributed by atoms with van der Waals surface area (Å²) in [7, 11) is 0. The van der Waals surface area contributed by atoms with Gasteiger partial charge in [0, 0.05) is 17.1 Å². The Balaban J connectivity index is 1.53. The van der Waals surface area contributed by atoms with Gasteiger partial charge in [-0.3, -0.25) is 9.78 Å². The molecule has 6 heteroatoms. The predicted octanol–water partition coefficient (Wildman–Crippen LogP) is 5.49. The lowest BCUT2D eigenvalue weighted by Crippen LogP contribution is -2.44. The minimum atomic E-state index is -0.516. The first kappa shape index (κ1) is 19.5. The van der Waals surface area contributed by atoms with Gasteiger partial charge in [0.15, 0.2) is 6.10 Å². The molecule has 0 fully saturated rings. The van der Waals surface area contributed by atoms with E-state index in [0.29, 0.717) is 12.3 Å². The highest BCUT2D eigenvalue weighted by Gasteiger charge is 2.32. The molecule has 154 valence electrons. The first-order chi connectivity index (χ1) is 15.1. The van der Waals surface area contributed by atoms with E-state index in [-0.39, 0.29) is 5.91 Å². The summed E-state index contributed by atoms with van der Waals surface area (Å²) in [6.07, 6.45) is 1.25. The molecule has 0 saturated carbocycles. The van der Waals surface area contributed by atoms with E-state index in [2.05, 4.69) is 24.0 Å². The number of thiazole rings is 1. The molecule has 0 radical (unpaired) electrons. The molecule has 0 N–H and O–H groups in total. The summed E-state index contributed by atoms with van der Waals surface area (Å²) < 4.78 is 5.89. The Kier molecular flexibility index (Phi) is 5.00. The molecule has 0 bridgehead atoms. The summed E-state index contributed by atoms with van der Waals surface area (Å²) in [6.45, 7) is 4.37. The van der Waals surface area contributed by atoms with Crippen LogP contribution in [0.3, 0.4) is 0 Å². The third-order valence-electron chi connectivity index (χ3n) is 5.44. The van der Waals surface area contributed by atoms with Crippen molar-refractivity contribution in [2.45, 2.75) is 26.5 Å². The van der Waals surface area contributed by atoms with Gasteiger partial charge in [0.05, 0.1) is 23.6 Å². The van der Waals surface area contributed by atoms with Crippen LogP contribution in [0.2, 0.25) is 0 Å². The Labute approximate surface area is 185 Å². The number of fused-ring (bicyclic) bond motifs is 1. The lowest BCUT2D eigenvalue weighted by Gasteiger charge is -2.33. The normalized spacial score (nSPS) is 15.5. The topological polar surface area (TPSA) is 55.3 Å². The maximum absolute atomic E-state index is 13.0. The van der Waals surface area contributed by atoms with Crippen LogP contribution < -0.4 is 9.64 Å². The highest BCUT2D eigenvalue weighted by Crippen LogP contribution is 2.39. The van der Waals surface area contributed by atoms with Gasteiger partial charge < -0.3 is 9.64 Å². The van der Waals surface area contributed by atoms with Gasteiger partial charge in [-0.05, 0) is 55.3 Å². The number of carbonyl (C=O) groups is 1. The second-order valence-electron chi connectivity index (χ2n) is 7.55. The third-order valence-corrected chi connectivity index (χ3v) is 6.31. The van der Waals surface area contributed by atoms with E-state index in [0.717, 1.165) is 38.8 Å². The number of hydrogen-bond donors (Lipinski definition) is 0. The Morgan fingerprint density at radius 1 is 1.06 bits per heavy atom. The predicted molar refractivity (Wildman–Crippen MR) is 123 cm³/mol. The summed E-state index contributed by atoms with van der Waals surface area (Å²) in [5, 5.41) is 2.89. The van der Waals surface area contributed by atoms with Crippen molar-refractivity contribution in [3.63, 3.8) is 0 Å². The van der Waals surface area contributed by atoms with Gasteiger partial charge >= 0.3 is 0 Å². The van der Waals surface area contributed by atoms with Crippen LogP contribution in [0.1, 0.15) is 18.1 Å². The number of aryl methyl sites for hydroxylation is 1. The van der Waals surface area contributed by atoms with E-state index in [1.54, 1.807) is 24.5 Å². The van der Waals surface area contributed by atoms with Gasteiger partial charge in [-0.1, -0.05) is 30.3 Å². The quantitative estimate of drug-likeness (QED) is 0.432. The van der Waals surface area contributed by atoms with E-state index in [4.69, 9.17) is 9.72 Å². The molecule has 3 heterocycles. The van der Waals surface area contributed by atoms with Crippen molar-refractivity contribution >= 4 is 22.9 Å². The van der Waals surface area contributed by atoms with Crippen LogP contribution in [-0.2, 0) is 11.3 Å². The summed E-state index contributed by atoms with van der Waals surface area (Å²) in [6, 6.07) is 19.9. The monoisotopic (exact) mass is 427 g/mol. The first-order valence-electron chi connectivity index (χ1n) is 10.1. The average Bonchev–Trinajstić information content (AvgIpc) is 3.29. The smallest absolute Gasteiger partial charge is 0.268 e. The molecule has 2 aromatic carbocycles. The maximum atomic E-state index is 13.0. The minimum Gasteiger partial charge on any atom is -0.479 e. The molecule has 0 saturated heterocycles. The zero-order valence-electron chi connectivity index (χ0n) is 17.3. The number of rotatable bonds is 4. The zero-order valence-corrected chi connectivity index (χ0v) is 18.1. The molecule has 1 aliphatic rings. The number of nitrogens with zero attached hydrogens (tertiary/aromatic N) is 3. The van der Waals surface area contributed by atoms with Gasteiger partial charge in [0.25, 0.3) is 5.91 Å². The molecule has 1 aliphatic heterocycles. The first-order valence-corrected chi connectivity index (χ1v) is 11.0. The van der Waals surface area contributed by atoms with Crippen LogP contribution >= 0.6 is 11.3 Å². The molecule has 2 aromatic heterocycles. The van der Waals surface area contributed by atoms with E-state index < -0.39 is 6.10 Å². The Morgan fingerprint density at radius 2 is 1.90 bits per heavy atom. The summed E-state index contributed by atoms with van der Waals surface area (Å²) in [4.78, 5) is 24.0. The maximum Gasteiger partial charge on any atom is 0.268 e. The number of pyridine rings is 1.